The lowest BCUT2D eigenvalue weighted by molar-refractivity contribution is 0.206. The van der Waals surface area contributed by atoms with Gasteiger partial charge in [-0.05, 0) is 66.0 Å². The van der Waals surface area contributed by atoms with Crippen LogP contribution >= 0.6 is 22.6 Å². The monoisotopic (exact) mass is 332 g/mol. The summed E-state index contributed by atoms with van der Waals surface area (Å²) < 4.78 is 3.36. The average Bonchev–Trinajstić information content (AvgIpc) is 2.65. The molecule has 0 radical (unpaired) electrons. The highest BCUT2D eigenvalue weighted by Crippen LogP contribution is 2.33. The summed E-state index contributed by atoms with van der Waals surface area (Å²) in [5.74, 6) is 2.69. The fourth-order valence-electron chi connectivity index (χ4n) is 2.74. The van der Waals surface area contributed by atoms with Crippen LogP contribution in [0.25, 0.3) is 0 Å². The molecule has 0 N–H and O–H groups in total. The van der Waals surface area contributed by atoms with Crippen molar-refractivity contribution < 1.29 is 0 Å². The van der Waals surface area contributed by atoms with Gasteiger partial charge in [0, 0.05) is 12.7 Å². The highest BCUT2D eigenvalue weighted by atomic mass is 127. The molecule has 0 bridgehead atoms. The minimum absolute atomic E-state index is 0.852. The van der Waals surface area contributed by atoms with Gasteiger partial charge in [0.05, 0.1) is 9.77 Å². The molecular weight excluding hydrogens is 311 g/mol. The minimum Gasteiger partial charge on any atom is -0.271 e. The lowest BCUT2D eigenvalue weighted by Gasteiger charge is -2.30. The van der Waals surface area contributed by atoms with Crippen molar-refractivity contribution in [1.29, 1.82) is 0 Å². The molecule has 0 aromatic carbocycles. The third-order valence-corrected chi connectivity index (χ3v) is 4.44. The van der Waals surface area contributed by atoms with Crippen molar-refractivity contribution in [2.45, 2.75) is 46.1 Å². The van der Waals surface area contributed by atoms with Crippen LogP contribution in [0, 0.1) is 21.3 Å². The Bertz CT molecular complexity index is 324. The Labute approximate surface area is 112 Å². The first kappa shape index (κ1) is 12.4. The molecule has 1 heterocycles. The van der Waals surface area contributed by atoms with Crippen LogP contribution in [-0.2, 0) is 6.54 Å². The molecule has 16 heavy (non-hydrogen) atoms. The van der Waals surface area contributed by atoms with Crippen LogP contribution in [-0.4, -0.2) is 9.78 Å². The summed E-state index contributed by atoms with van der Waals surface area (Å²) in [4.78, 5) is 0. The predicted molar refractivity (Wildman–Crippen MR) is 75.2 cm³/mol. The molecule has 0 saturated heterocycles. The van der Waals surface area contributed by atoms with E-state index in [2.05, 4.69) is 52.4 Å². The van der Waals surface area contributed by atoms with E-state index < -0.39 is 0 Å². The van der Waals surface area contributed by atoms with Crippen molar-refractivity contribution in [3.8, 4) is 0 Å². The van der Waals surface area contributed by atoms with E-state index in [1.165, 1.54) is 29.3 Å². The fourth-order valence-corrected chi connectivity index (χ4v) is 3.19. The molecule has 3 heteroatoms. The summed E-state index contributed by atoms with van der Waals surface area (Å²) in [5.41, 5.74) is 0. The lowest BCUT2D eigenvalue weighted by Crippen LogP contribution is -2.21. The number of rotatable bonds is 3. The third-order valence-electron chi connectivity index (χ3n) is 3.88. The predicted octanol–water partition coefficient (Wildman–Crippen LogP) is 3.95. The van der Waals surface area contributed by atoms with Crippen LogP contribution in [0.5, 0.6) is 0 Å². The fraction of sp³-hybridized carbons (Fsp3) is 0.769. The van der Waals surface area contributed by atoms with E-state index in [1.807, 2.05) is 6.20 Å². The first-order chi connectivity index (χ1) is 7.65. The number of hydrogen-bond donors (Lipinski definition) is 0. The van der Waals surface area contributed by atoms with E-state index in [9.17, 15) is 0 Å². The molecule has 0 aliphatic heterocycles. The summed E-state index contributed by atoms with van der Waals surface area (Å²) in [6.07, 6.45) is 9.70. The average molecular weight is 332 g/mol. The van der Waals surface area contributed by atoms with Gasteiger partial charge in [-0.2, -0.15) is 5.10 Å². The second-order valence-electron chi connectivity index (χ2n) is 5.41. The van der Waals surface area contributed by atoms with Crippen LogP contribution in [0.1, 0.15) is 39.5 Å². The molecule has 0 atom stereocenters. The maximum Gasteiger partial charge on any atom is 0.0623 e. The Kier molecular flexibility index (Phi) is 4.27. The van der Waals surface area contributed by atoms with Gasteiger partial charge in [-0.15, -0.1) is 0 Å². The van der Waals surface area contributed by atoms with Gasteiger partial charge >= 0.3 is 0 Å². The molecule has 0 spiro atoms. The van der Waals surface area contributed by atoms with Crippen LogP contribution in [0.15, 0.2) is 12.4 Å². The van der Waals surface area contributed by atoms with Crippen molar-refractivity contribution in [1.82, 2.24) is 9.78 Å². The van der Waals surface area contributed by atoms with Gasteiger partial charge in [-0.1, -0.05) is 13.8 Å². The van der Waals surface area contributed by atoms with E-state index in [0.29, 0.717) is 0 Å². The standard InChI is InChI=1S/C13H21IN2/c1-10(2)12-5-3-11(4-6-12)8-16-9-13(14)7-15-16/h7,9-12H,3-6,8H2,1-2H3. The molecule has 90 valence electrons. The van der Waals surface area contributed by atoms with Gasteiger partial charge in [-0.3, -0.25) is 4.68 Å². The van der Waals surface area contributed by atoms with Gasteiger partial charge in [0.1, 0.15) is 0 Å². The van der Waals surface area contributed by atoms with E-state index in [-0.39, 0.29) is 0 Å². The number of halogens is 1. The van der Waals surface area contributed by atoms with Gasteiger partial charge < -0.3 is 0 Å². The Morgan fingerprint density at radius 3 is 2.56 bits per heavy atom. The molecular formula is C13H21IN2. The normalized spacial score (nSPS) is 26.2. The third kappa shape index (κ3) is 3.22. The zero-order chi connectivity index (χ0) is 11.5. The molecule has 1 aromatic heterocycles. The molecule has 1 aliphatic rings. The van der Waals surface area contributed by atoms with Crippen molar-refractivity contribution in [3.05, 3.63) is 16.0 Å². The highest BCUT2D eigenvalue weighted by Gasteiger charge is 2.23. The minimum atomic E-state index is 0.852. The van der Waals surface area contributed by atoms with Crippen molar-refractivity contribution >= 4 is 22.6 Å². The summed E-state index contributed by atoms with van der Waals surface area (Å²) in [5, 5.41) is 4.37. The molecule has 1 aliphatic carbocycles. The second kappa shape index (κ2) is 5.52. The lowest BCUT2D eigenvalue weighted by atomic mass is 9.77. The zero-order valence-corrected chi connectivity index (χ0v) is 12.4. The molecule has 1 aromatic rings. The Hall–Kier alpha value is -0.0600. The number of aromatic nitrogens is 2. The topological polar surface area (TPSA) is 17.8 Å². The van der Waals surface area contributed by atoms with Gasteiger partial charge in [-0.25, -0.2) is 0 Å². The highest BCUT2D eigenvalue weighted by molar-refractivity contribution is 14.1. The van der Waals surface area contributed by atoms with Crippen molar-refractivity contribution in [2.75, 3.05) is 0 Å². The Morgan fingerprint density at radius 1 is 1.38 bits per heavy atom. The van der Waals surface area contributed by atoms with Crippen LogP contribution in [0.2, 0.25) is 0 Å². The van der Waals surface area contributed by atoms with Gasteiger partial charge in [0.25, 0.3) is 0 Å². The molecule has 1 saturated carbocycles. The molecule has 0 unspecified atom stereocenters. The first-order valence-corrected chi connectivity index (χ1v) is 7.41. The quantitative estimate of drug-likeness (QED) is 0.767. The largest absolute Gasteiger partial charge is 0.271 e. The zero-order valence-electron chi connectivity index (χ0n) is 10.2. The van der Waals surface area contributed by atoms with Gasteiger partial charge in [0.15, 0.2) is 0 Å². The van der Waals surface area contributed by atoms with E-state index >= 15 is 0 Å². The van der Waals surface area contributed by atoms with Crippen molar-refractivity contribution in [3.63, 3.8) is 0 Å². The summed E-state index contributed by atoms with van der Waals surface area (Å²) in [6, 6.07) is 0. The van der Waals surface area contributed by atoms with Crippen molar-refractivity contribution in [2.24, 2.45) is 17.8 Å². The number of hydrogen-bond acceptors (Lipinski definition) is 1. The Morgan fingerprint density at radius 2 is 2.06 bits per heavy atom. The van der Waals surface area contributed by atoms with Gasteiger partial charge in [0.2, 0.25) is 0 Å². The second-order valence-corrected chi connectivity index (χ2v) is 6.65. The molecule has 2 nitrogen and oxygen atoms in total. The molecule has 0 amide bonds. The SMILES string of the molecule is CC(C)C1CCC(Cn2cc(I)cn2)CC1. The number of nitrogens with zero attached hydrogens (tertiary/aromatic N) is 2. The molecule has 1 fully saturated rings. The first-order valence-electron chi connectivity index (χ1n) is 6.33. The van der Waals surface area contributed by atoms with Crippen LogP contribution in [0.3, 0.4) is 0 Å². The van der Waals surface area contributed by atoms with E-state index in [0.717, 1.165) is 24.3 Å². The van der Waals surface area contributed by atoms with E-state index in [4.69, 9.17) is 0 Å². The maximum atomic E-state index is 4.37. The van der Waals surface area contributed by atoms with Crippen LogP contribution in [0.4, 0.5) is 0 Å². The van der Waals surface area contributed by atoms with Crippen LogP contribution < -0.4 is 0 Å². The van der Waals surface area contributed by atoms with E-state index in [1.54, 1.807) is 0 Å². The summed E-state index contributed by atoms with van der Waals surface area (Å²) in [7, 11) is 0. The maximum absolute atomic E-state index is 4.37. The summed E-state index contributed by atoms with van der Waals surface area (Å²) >= 11 is 2.32. The summed E-state index contributed by atoms with van der Waals surface area (Å²) in [6.45, 7) is 5.84. The Balaban J connectivity index is 1.81. The smallest absolute Gasteiger partial charge is 0.0623 e. The molecule has 2 rings (SSSR count).